The van der Waals surface area contributed by atoms with E-state index in [0.29, 0.717) is 18.8 Å². The maximum Gasteiger partial charge on any atom is 0.161 e. The van der Waals surface area contributed by atoms with Gasteiger partial charge in [-0.05, 0) is 43.2 Å². The second kappa shape index (κ2) is 8.73. The van der Waals surface area contributed by atoms with Crippen LogP contribution in [0, 0.1) is 0 Å². The SMILES string of the molecule is CCCOc1ccc(/C=C2\CN(CCC)CCC2=O)cc1OC. The fraction of sp³-hybridized carbons (Fsp3) is 0.526. The minimum atomic E-state index is 0.252. The molecule has 1 aliphatic rings. The molecule has 1 saturated heterocycles. The predicted octanol–water partition coefficient (Wildman–Crippen LogP) is 3.55. The molecule has 0 radical (unpaired) electrons. The molecule has 0 aromatic heterocycles. The first kappa shape index (κ1) is 17.5. The van der Waals surface area contributed by atoms with Crippen molar-refractivity contribution in [2.45, 2.75) is 33.1 Å². The zero-order valence-electron chi connectivity index (χ0n) is 14.4. The number of benzene rings is 1. The first-order valence-corrected chi connectivity index (χ1v) is 8.44. The van der Waals surface area contributed by atoms with Crippen LogP contribution in [0.15, 0.2) is 23.8 Å². The van der Waals surface area contributed by atoms with Gasteiger partial charge in [-0.15, -0.1) is 0 Å². The van der Waals surface area contributed by atoms with Crippen molar-refractivity contribution >= 4 is 11.9 Å². The van der Waals surface area contributed by atoms with Gasteiger partial charge in [-0.1, -0.05) is 19.9 Å². The molecule has 1 fully saturated rings. The zero-order chi connectivity index (χ0) is 16.7. The van der Waals surface area contributed by atoms with Gasteiger partial charge in [0.2, 0.25) is 0 Å². The van der Waals surface area contributed by atoms with E-state index in [0.717, 1.165) is 49.4 Å². The molecular weight excluding hydrogens is 290 g/mol. The minimum Gasteiger partial charge on any atom is -0.493 e. The van der Waals surface area contributed by atoms with Crippen molar-refractivity contribution in [3.05, 3.63) is 29.3 Å². The van der Waals surface area contributed by atoms with Gasteiger partial charge in [0, 0.05) is 25.1 Å². The molecule has 4 nitrogen and oxygen atoms in total. The number of likely N-dealkylation sites (tertiary alicyclic amines) is 1. The van der Waals surface area contributed by atoms with Crippen LogP contribution in [-0.4, -0.2) is 44.0 Å². The van der Waals surface area contributed by atoms with Crippen molar-refractivity contribution in [1.29, 1.82) is 0 Å². The minimum absolute atomic E-state index is 0.252. The van der Waals surface area contributed by atoms with E-state index >= 15 is 0 Å². The van der Waals surface area contributed by atoms with Crippen molar-refractivity contribution in [2.75, 3.05) is 33.4 Å². The van der Waals surface area contributed by atoms with Gasteiger partial charge in [-0.25, -0.2) is 0 Å². The lowest BCUT2D eigenvalue weighted by molar-refractivity contribution is -0.117. The number of rotatable bonds is 7. The Bertz CT molecular complexity index is 566. The second-order valence-electron chi connectivity index (χ2n) is 5.88. The molecule has 2 rings (SSSR count). The number of hydrogen-bond donors (Lipinski definition) is 0. The van der Waals surface area contributed by atoms with E-state index in [-0.39, 0.29) is 5.78 Å². The third-order valence-corrected chi connectivity index (χ3v) is 3.94. The zero-order valence-corrected chi connectivity index (χ0v) is 14.4. The molecule has 0 saturated carbocycles. The van der Waals surface area contributed by atoms with Gasteiger partial charge < -0.3 is 9.47 Å². The highest BCUT2D eigenvalue weighted by Crippen LogP contribution is 2.29. The second-order valence-corrected chi connectivity index (χ2v) is 5.88. The molecule has 1 aromatic carbocycles. The van der Waals surface area contributed by atoms with Crippen LogP contribution in [0.5, 0.6) is 11.5 Å². The molecule has 0 aliphatic carbocycles. The average Bonchev–Trinajstić information content (AvgIpc) is 2.56. The lowest BCUT2D eigenvalue weighted by Gasteiger charge is -2.27. The number of ether oxygens (including phenoxy) is 2. The predicted molar refractivity (Wildman–Crippen MR) is 93.1 cm³/mol. The Morgan fingerprint density at radius 2 is 2.04 bits per heavy atom. The van der Waals surface area contributed by atoms with Crippen LogP contribution >= 0.6 is 0 Å². The fourth-order valence-electron chi connectivity index (χ4n) is 2.77. The van der Waals surface area contributed by atoms with Crippen molar-refractivity contribution < 1.29 is 14.3 Å². The summed E-state index contributed by atoms with van der Waals surface area (Å²) in [7, 11) is 1.64. The molecule has 1 heterocycles. The summed E-state index contributed by atoms with van der Waals surface area (Å²) in [5.41, 5.74) is 1.86. The van der Waals surface area contributed by atoms with E-state index in [1.54, 1.807) is 7.11 Å². The van der Waals surface area contributed by atoms with E-state index in [2.05, 4.69) is 18.7 Å². The molecule has 23 heavy (non-hydrogen) atoms. The lowest BCUT2D eigenvalue weighted by Crippen LogP contribution is -2.36. The van der Waals surface area contributed by atoms with Crippen molar-refractivity contribution in [1.82, 2.24) is 4.90 Å². The third kappa shape index (κ3) is 4.83. The largest absolute Gasteiger partial charge is 0.493 e. The lowest BCUT2D eigenvalue weighted by atomic mass is 10.00. The van der Waals surface area contributed by atoms with Crippen LogP contribution in [0.3, 0.4) is 0 Å². The summed E-state index contributed by atoms with van der Waals surface area (Å²) < 4.78 is 11.1. The monoisotopic (exact) mass is 317 g/mol. The Kier molecular flexibility index (Phi) is 6.66. The summed E-state index contributed by atoms with van der Waals surface area (Å²) in [4.78, 5) is 14.5. The van der Waals surface area contributed by atoms with Crippen LogP contribution < -0.4 is 9.47 Å². The van der Waals surface area contributed by atoms with Crippen LogP contribution in [0.4, 0.5) is 0 Å². The van der Waals surface area contributed by atoms with Gasteiger partial charge >= 0.3 is 0 Å². The summed E-state index contributed by atoms with van der Waals surface area (Å²) in [5, 5.41) is 0. The molecule has 4 heteroatoms. The van der Waals surface area contributed by atoms with Crippen LogP contribution in [-0.2, 0) is 4.79 Å². The molecule has 0 bridgehead atoms. The first-order chi connectivity index (χ1) is 11.2. The maximum absolute atomic E-state index is 12.2. The summed E-state index contributed by atoms with van der Waals surface area (Å²) in [5.74, 6) is 1.71. The first-order valence-electron chi connectivity index (χ1n) is 8.44. The number of hydrogen-bond acceptors (Lipinski definition) is 4. The Balaban J connectivity index is 2.18. The Morgan fingerprint density at radius 1 is 1.22 bits per heavy atom. The van der Waals surface area contributed by atoms with Gasteiger partial charge in [-0.3, -0.25) is 9.69 Å². The molecular formula is C19H27NO3. The molecule has 1 aromatic rings. The number of piperidine rings is 1. The van der Waals surface area contributed by atoms with Gasteiger partial charge in [-0.2, -0.15) is 0 Å². The molecule has 0 amide bonds. The number of Topliss-reactive ketones (excluding diaryl/α,β-unsaturated/α-hetero) is 1. The van der Waals surface area contributed by atoms with E-state index in [1.807, 2.05) is 24.3 Å². The molecule has 126 valence electrons. The van der Waals surface area contributed by atoms with Gasteiger partial charge in [0.15, 0.2) is 17.3 Å². The summed E-state index contributed by atoms with van der Waals surface area (Å²) >= 11 is 0. The molecule has 0 spiro atoms. The van der Waals surface area contributed by atoms with Crippen molar-refractivity contribution in [3.8, 4) is 11.5 Å². The fourth-order valence-corrected chi connectivity index (χ4v) is 2.77. The van der Waals surface area contributed by atoms with Crippen LogP contribution in [0.2, 0.25) is 0 Å². The average molecular weight is 317 g/mol. The smallest absolute Gasteiger partial charge is 0.161 e. The number of carbonyl (C=O) groups is 1. The number of methoxy groups -OCH3 is 1. The Morgan fingerprint density at radius 3 is 2.74 bits per heavy atom. The van der Waals surface area contributed by atoms with Crippen molar-refractivity contribution in [2.24, 2.45) is 0 Å². The molecule has 1 aliphatic heterocycles. The highest BCUT2D eigenvalue weighted by atomic mass is 16.5. The summed E-state index contributed by atoms with van der Waals surface area (Å²) in [6.45, 7) is 7.56. The van der Waals surface area contributed by atoms with Crippen LogP contribution in [0.25, 0.3) is 6.08 Å². The van der Waals surface area contributed by atoms with Crippen LogP contribution in [0.1, 0.15) is 38.7 Å². The summed E-state index contributed by atoms with van der Waals surface area (Å²) in [6, 6.07) is 5.83. The standard InChI is InChI=1S/C19H27NO3/c1-4-9-20-10-8-17(21)16(14-20)12-15-6-7-18(23-11-5-2)19(13-15)22-3/h6-7,12-13H,4-5,8-11,14H2,1-3H3/b16-12+. The highest BCUT2D eigenvalue weighted by Gasteiger charge is 2.20. The maximum atomic E-state index is 12.2. The number of ketones is 1. The number of nitrogens with zero attached hydrogens (tertiary/aromatic N) is 1. The quantitative estimate of drug-likeness (QED) is 0.721. The molecule has 0 unspecified atom stereocenters. The van der Waals surface area contributed by atoms with Crippen molar-refractivity contribution in [3.63, 3.8) is 0 Å². The Hall–Kier alpha value is -1.81. The van der Waals surface area contributed by atoms with Gasteiger partial charge in [0.25, 0.3) is 0 Å². The summed E-state index contributed by atoms with van der Waals surface area (Å²) in [6.07, 6.45) is 4.66. The van der Waals surface area contributed by atoms with Gasteiger partial charge in [0.1, 0.15) is 0 Å². The van der Waals surface area contributed by atoms with E-state index in [9.17, 15) is 4.79 Å². The third-order valence-electron chi connectivity index (χ3n) is 3.94. The topological polar surface area (TPSA) is 38.8 Å². The number of carbonyl (C=O) groups excluding carboxylic acids is 1. The molecule has 0 atom stereocenters. The van der Waals surface area contributed by atoms with Gasteiger partial charge in [0.05, 0.1) is 13.7 Å². The normalized spacial score (nSPS) is 17.5. The van der Waals surface area contributed by atoms with E-state index in [1.165, 1.54) is 0 Å². The highest BCUT2D eigenvalue weighted by molar-refractivity contribution is 6.00. The van der Waals surface area contributed by atoms with E-state index in [4.69, 9.17) is 9.47 Å². The Labute approximate surface area is 139 Å². The van der Waals surface area contributed by atoms with E-state index < -0.39 is 0 Å². The molecule has 0 N–H and O–H groups in total.